The minimum atomic E-state index is -0.288. The van der Waals surface area contributed by atoms with Crippen LogP contribution in [0.2, 0.25) is 0 Å². The molecule has 1 aromatic rings. The van der Waals surface area contributed by atoms with Gasteiger partial charge < -0.3 is 4.74 Å². The first-order chi connectivity index (χ1) is 9.20. The van der Waals surface area contributed by atoms with Crippen molar-refractivity contribution >= 4 is 23.2 Å². The molecule has 2 aliphatic heterocycles. The smallest absolute Gasteiger partial charge is 0.262 e. The Morgan fingerprint density at radius 2 is 2.16 bits per heavy atom. The molecule has 6 nitrogen and oxygen atoms in total. The number of amides is 1. The van der Waals surface area contributed by atoms with Crippen LogP contribution in [0.3, 0.4) is 0 Å². The van der Waals surface area contributed by atoms with Gasteiger partial charge in [-0.05, 0) is 24.7 Å². The fourth-order valence-electron chi connectivity index (χ4n) is 2.47. The monoisotopic (exact) mass is 278 g/mol. The molecular weight excluding hydrogens is 264 g/mol. The summed E-state index contributed by atoms with van der Waals surface area (Å²) in [4.78, 5) is 11.8. The van der Waals surface area contributed by atoms with Crippen molar-refractivity contribution in [2.45, 2.75) is 18.5 Å². The Hall–Kier alpha value is -1.86. The van der Waals surface area contributed by atoms with Crippen LogP contribution in [0.15, 0.2) is 24.3 Å². The molecule has 2 saturated heterocycles. The molecule has 3 N–H and O–H groups in total. The van der Waals surface area contributed by atoms with E-state index < -0.39 is 0 Å². The SMILES string of the molecule is COc1ccccc1C1CC2C(=O)NNC(=S)N2N1. The average Bonchev–Trinajstić information content (AvgIpc) is 2.89. The van der Waals surface area contributed by atoms with Gasteiger partial charge in [0.05, 0.1) is 13.2 Å². The highest BCUT2D eigenvalue weighted by atomic mass is 32.1. The molecule has 2 aliphatic rings. The average molecular weight is 278 g/mol. The van der Waals surface area contributed by atoms with Crippen LogP contribution in [0.5, 0.6) is 5.75 Å². The lowest BCUT2D eigenvalue weighted by atomic mass is 10.0. The van der Waals surface area contributed by atoms with E-state index in [0.717, 1.165) is 11.3 Å². The molecule has 19 heavy (non-hydrogen) atoms. The molecule has 0 bridgehead atoms. The van der Waals surface area contributed by atoms with Gasteiger partial charge in [-0.15, -0.1) is 0 Å². The Morgan fingerprint density at radius 3 is 2.89 bits per heavy atom. The van der Waals surface area contributed by atoms with Crippen molar-refractivity contribution in [1.82, 2.24) is 21.3 Å². The molecule has 0 radical (unpaired) electrons. The Balaban J connectivity index is 1.88. The number of hydrogen-bond acceptors (Lipinski definition) is 4. The molecule has 3 rings (SSSR count). The molecule has 1 amide bonds. The summed E-state index contributed by atoms with van der Waals surface area (Å²) in [6.07, 6.45) is 0.647. The van der Waals surface area contributed by atoms with E-state index in [1.807, 2.05) is 24.3 Å². The summed E-state index contributed by atoms with van der Waals surface area (Å²) in [7, 11) is 1.64. The number of rotatable bonds is 2. The summed E-state index contributed by atoms with van der Waals surface area (Å²) >= 11 is 5.17. The highest BCUT2D eigenvalue weighted by molar-refractivity contribution is 7.80. The third-order valence-electron chi connectivity index (χ3n) is 3.39. The van der Waals surface area contributed by atoms with Crippen molar-refractivity contribution in [2.75, 3.05) is 7.11 Å². The lowest BCUT2D eigenvalue weighted by Crippen LogP contribution is -2.63. The fraction of sp³-hybridized carbons (Fsp3) is 0.333. The largest absolute Gasteiger partial charge is 0.496 e. The summed E-state index contributed by atoms with van der Waals surface area (Å²) in [6.45, 7) is 0. The summed E-state index contributed by atoms with van der Waals surface area (Å²) in [5.41, 5.74) is 9.50. The van der Waals surface area contributed by atoms with Crippen molar-refractivity contribution < 1.29 is 9.53 Å². The molecular formula is C12H14N4O2S. The maximum atomic E-state index is 11.8. The van der Waals surface area contributed by atoms with Gasteiger partial charge in [0, 0.05) is 5.56 Å². The number of hydrazine groups is 2. The molecule has 2 unspecified atom stereocenters. The molecule has 0 aromatic heterocycles. The molecule has 2 fully saturated rings. The van der Waals surface area contributed by atoms with Gasteiger partial charge in [-0.1, -0.05) is 18.2 Å². The lowest BCUT2D eigenvalue weighted by molar-refractivity contribution is -0.126. The lowest BCUT2D eigenvalue weighted by Gasteiger charge is -2.31. The first-order valence-electron chi connectivity index (χ1n) is 5.99. The summed E-state index contributed by atoms with van der Waals surface area (Å²) in [6, 6.07) is 7.49. The molecule has 1 aromatic carbocycles. The van der Waals surface area contributed by atoms with Crippen LogP contribution in [0.25, 0.3) is 0 Å². The van der Waals surface area contributed by atoms with Gasteiger partial charge >= 0.3 is 0 Å². The van der Waals surface area contributed by atoms with E-state index in [1.165, 1.54) is 0 Å². The number of nitrogens with one attached hydrogen (secondary N) is 3. The maximum absolute atomic E-state index is 11.8. The number of methoxy groups -OCH3 is 1. The van der Waals surface area contributed by atoms with E-state index in [1.54, 1.807) is 12.1 Å². The Kier molecular flexibility index (Phi) is 3.00. The first kappa shape index (κ1) is 12.2. The third-order valence-corrected chi connectivity index (χ3v) is 3.69. The number of ether oxygens (including phenoxy) is 1. The van der Waals surface area contributed by atoms with E-state index in [-0.39, 0.29) is 18.0 Å². The highest BCUT2D eigenvalue weighted by Crippen LogP contribution is 2.33. The molecule has 0 saturated carbocycles. The predicted octanol–water partition coefficient (Wildman–Crippen LogP) is 0.234. The number of hydrogen-bond donors (Lipinski definition) is 3. The zero-order valence-corrected chi connectivity index (χ0v) is 11.2. The van der Waals surface area contributed by atoms with Crippen molar-refractivity contribution in [3.05, 3.63) is 29.8 Å². The van der Waals surface area contributed by atoms with Gasteiger partial charge in [-0.2, -0.15) is 0 Å². The molecule has 2 heterocycles. The van der Waals surface area contributed by atoms with Crippen LogP contribution in [0.4, 0.5) is 0 Å². The third kappa shape index (κ3) is 2.00. The number of carbonyl (C=O) groups excluding carboxylic acids is 1. The van der Waals surface area contributed by atoms with Crippen LogP contribution in [0.1, 0.15) is 18.0 Å². The van der Waals surface area contributed by atoms with Gasteiger partial charge in [0.15, 0.2) is 0 Å². The van der Waals surface area contributed by atoms with Gasteiger partial charge in [0.1, 0.15) is 11.8 Å². The highest BCUT2D eigenvalue weighted by Gasteiger charge is 2.42. The second-order valence-electron chi connectivity index (χ2n) is 4.46. The minimum Gasteiger partial charge on any atom is -0.496 e. The van der Waals surface area contributed by atoms with Crippen LogP contribution < -0.4 is 21.0 Å². The van der Waals surface area contributed by atoms with E-state index in [4.69, 9.17) is 17.0 Å². The first-order valence-corrected chi connectivity index (χ1v) is 6.39. The summed E-state index contributed by atoms with van der Waals surface area (Å²) in [5, 5.41) is 2.17. The summed E-state index contributed by atoms with van der Waals surface area (Å²) in [5.74, 6) is 0.720. The zero-order chi connectivity index (χ0) is 13.4. The van der Waals surface area contributed by atoms with Crippen LogP contribution in [0, 0.1) is 0 Å². The summed E-state index contributed by atoms with van der Waals surface area (Å²) < 4.78 is 5.36. The quantitative estimate of drug-likeness (QED) is 0.673. The van der Waals surface area contributed by atoms with Crippen molar-refractivity contribution in [1.29, 1.82) is 0 Å². The number of nitrogens with zero attached hydrogens (tertiary/aromatic N) is 1. The van der Waals surface area contributed by atoms with Crippen LogP contribution in [-0.4, -0.2) is 29.2 Å². The Labute approximate surface area is 116 Å². The number of thiocarbonyl (C=S) groups is 1. The Morgan fingerprint density at radius 1 is 1.37 bits per heavy atom. The molecule has 2 atom stereocenters. The number of fused-ring (bicyclic) bond motifs is 1. The van der Waals surface area contributed by atoms with Crippen molar-refractivity contribution in [3.8, 4) is 5.75 Å². The second kappa shape index (κ2) is 4.67. The zero-order valence-electron chi connectivity index (χ0n) is 10.3. The number of para-hydroxylation sites is 1. The van der Waals surface area contributed by atoms with Gasteiger partial charge in [-0.25, -0.2) is 5.43 Å². The number of carbonyl (C=O) groups is 1. The van der Waals surface area contributed by atoms with E-state index in [2.05, 4.69) is 16.3 Å². The van der Waals surface area contributed by atoms with Crippen molar-refractivity contribution in [2.24, 2.45) is 0 Å². The van der Waals surface area contributed by atoms with Crippen LogP contribution >= 0.6 is 12.2 Å². The Bertz CT molecular complexity index is 512. The maximum Gasteiger partial charge on any atom is 0.262 e. The van der Waals surface area contributed by atoms with Gasteiger partial charge in [0.25, 0.3) is 5.91 Å². The molecule has 0 aliphatic carbocycles. The van der Waals surface area contributed by atoms with Gasteiger partial charge in [-0.3, -0.25) is 20.7 Å². The molecule has 7 heteroatoms. The molecule has 0 spiro atoms. The van der Waals surface area contributed by atoms with E-state index in [9.17, 15) is 4.79 Å². The normalized spacial score (nSPS) is 25.6. The standard InChI is InChI=1S/C12H14N4O2S/c1-18-10-5-3-2-4-7(10)8-6-9-11(17)13-14-12(19)16(9)15-8/h2-5,8-9,15H,6H2,1H3,(H,13,17)(H,14,19). The predicted molar refractivity (Wildman–Crippen MR) is 73.0 cm³/mol. The van der Waals surface area contributed by atoms with E-state index >= 15 is 0 Å². The van der Waals surface area contributed by atoms with Crippen molar-refractivity contribution in [3.63, 3.8) is 0 Å². The topological polar surface area (TPSA) is 65.6 Å². The van der Waals surface area contributed by atoms with Crippen LogP contribution in [-0.2, 0) is 4.79 Å². The number of benzene rings is 1. The minimum absolute atomic E-state index is 0.00440. The molecule has 100 valence electrons. The second-order valence-corrected chi connectivity index (χ2v) is 4.85. The van der Waals surface area contributed by atoms with E-state index in [0.29, 0.717) is 11.5 Å². The van der Waals surface area contributed by atoms with Gasteiger partial charge in [0.2, 0.25) is 5.11 Å². The fourth-order valence-corrected chi connectivity index (χ4v) is 2.70.